The van der Waals surface area contributed by atoms with Crippen LogP contribution in [-0.2, 0) is 4.79 Å². The van der Waals surface area contributed by atoms with E-state index in [0.29, 0.717) is 23.7 Å². The zero-order valence-corrected chi connectivity index (χ0v) is 10.5. The normalized spacial score (nSPS) is 10.4. The second-order valence-corrected chi connectivity index (χ2v) is 4.47. The summed E-state index contributed by atoms with van der Waals surface area (Å²) >= 11 is 0. The Balaban J connectivity index is 2.66. The maximum Gasteiger partial charge on any atom is 0.170 e. The third-order valence-corrected chi connectivity index (χ3v) is 2.39. The average Bonchev–Trinajstić information content (AvgIpc) is 2.27. The summed E-state index contributed by atoms with van der Waals surface area (Å²) in [4.78, 5) is 23.4. The van der Waals surface area contributed by atoms with Crippen LogP contribution in [0.2, 0.25) is 0 Å². The molecule has 0 fully saturated rings. The van der Waals surface area contributed by atoms with Gasteiger partial charge in [-0.05, 0) is 18.1 Å². The predicted molar refractivity (Wildman–Crippen MR) is 66.4 cm³/mol. The minimum absolute atomic E-state index is 0.00665. The van der Waals surface area contributed by atoms with Crippen LogP contribution in [0.5, 0.6) is 5.75 Å². The number of ether oxygens (including phenoxy) is 1. The number of Topliss-reactive ketones (excluding diaryl/α,β-unsaturated/α-hetero) is 2. The highest BCUT2D eigenvalue weighted by molar-refractivity contribution is 6.08. The maximum atomic E-state index is 11.8. The van der Waals surface area contributed by atoms with Crippen LogP contribution in [0.4, 0.5) is 0 Å². The Morgan fingerprint density at radius 2 is 2.00 bits per heavy atom. The van der Waals surface area contributed by atoms with E-state index in [-0.39, 0.29) is 18.0 Å². The zero-order chi connectivity index (χ0) is 12.8. The molecule has 0 amide bonds. The summed E-state index contributed by atoms with van der Waals surface area (Å²) in [6, 6.07) is 6.88. The van der Waals surface area contributed by atoms with E-state index < -0.39 is 0 Å². The second kappa shape index (κ2) is 6.18. The molecule has 0 N–H and O–H groups in total. The Bertz CT molecular complexity index is 408. The summed E-state index contributed by atoms with van der Waals surface area (Å²) in [6.07, 6.45) is 0.432. The first-order valence-corrected chi connectivity index (χ1v) is 5.72. The molecule has 0 unspecified atom stereocenters. The maximum absolute atomic E-state index is 11.8. The van der Waals surface area contributed by atoms with Crippen molar-refractivity contribution in [1.29, 1.82) is 0 Å². The number of hydrogen-bond acceptors (Lipinski definition) is 3. The summed E-state index contributed by atoms with van der Waals surface area (Å²) in [7, 11) is 1.55. The molecule has 0 aromatic heterocycles. The summed E-state index contributed by atoms with van der Waals surface area (Å²) in [5.74, 6) is 0.773. The van der Waals surface area contributed by atoms with Gasteiger partial charge in [-0.15, -0.1) is 0 Å². The minimum Gasteiger partial charge on any atom is -0.497 e. The van der Waals surface area contributed by atoms with Crippen LogP contribution >= 0.6 is 0 Å². The van der Waals surface area contributed by atoms with Crippen LogP contribution < -0.4 is 4.74 Å². The molecule has 0 saturated carbocycles. The van der Waals surface area contributed by atoms with E-state index in [0.717, 1.165) is 0 Å². The Hall–Kier alpha value is -1.64. The Labute approximate surface area is 102 Å². The van der Waals surface area contributed by atoms with Crippen molar-refractivity contribution in [1.82, 2.24) is 0 Å². The SMILES string of the molecule is COc1cccc(C(=O)CC(=O)CC(C)C)c1. The molecule has 0 aliphatic heterocycles. The lowest BCUT2D eigenvalue weighted by Gasteiger charge is -2.05. The largest absolute Gasteiger partial charge is 0.497 e. The van der Waals surface area contributed by atoms with Crippen LogP contribution in [0.15, 0.2) is 24.3 Å². The van der Waals surface area contributed by atoms with Crippen molar-refractivity contribution in [2.75, 3.05) is 7.11 Å². The smallest absolute Gasteiger partial charge is 0.170 e. The van der Waals surface area contributed by atoms with Crippen molar-refractivity contribution >= 4 is 11.6 Å². The fourth-order valence-corrected chi connectivity index (χ4v) is 1.61. The standard InChI is InChI=1S/C14H18O3/c1-10(2)7-12(15)9-14(16)11-5-4-6-13(8-11)17-3/h4-6,8,10H,7,9H2,1-3H3. The van der Waals surface area contributed by atoms with Crippen molar-refractivity contribution in [3.05, 3.63) is 29.8 Å². The lowest BCUT2D eigenvalue weighted by Crippen LogP contribution is -2.10. The lowest BCUT2D eigenvalue weighted by atomic mass is 10.00. The summed E-state index contributed by atoms with van der Waals surface area (Å²) in [5.41, 5.74) is 0.529. The molecule has 17 heavy (non-hydrogen) atoms. The molecule has 3 nitrogen and oxygen atoms in total. The van der Waals surface area contributed by atoms with E-state index in [9.17, 15) is 9.59 Å². The summed E-state index contributed by atoms with van der Waals surface area (Å²) in [5, 5.41) is 0. The van der Waals surface area contributed by atoms with E-state index in [1.165, 1.54) is 0 Å². The van der Waals surface area contributed by atoms with Gasteiger partial charge in [0, 0.05) is 12.0 Å². The van der Waals surface area contributed by atoms with Crippen molar-refractivity contribution in [3.63, 3.8) is 0 Å². The predicted octanol–water partition coefficient (Wildman–Crippen LogP) is 2.88. The first-order valence-electron chi connectivity index (χ1n) is 5.72. The van der Waals surface area contributed by atoms with Gasteiger partial charge in [0.1, 0.15) is 11.5 Å². The first-order chi connectivity index (χ1) is 8.02. The molecule has 1 aromatic rings. The van der Waals surface area contributed by atoms with Gasteiger partial charge in [-0.3, -0.25) is 9.59 Å². The number of hydrogen-bond donors (Lipinski definition) is 0. The van der Waals surface area contributed by atoms with Gasteiger partial charge in [0.05, 0.1) is 13.5 Å². The average molecular weight is 234 g/mol. The monoisotopic (exact) mass is 234 g/mol. The number of carbonyl (C=O) groups excluding carboxylic acids is 2. The molecule has 0 atom stereocenters. The highest BCUT2D eigenvalue weighted by Gasteiger charge is 2.13. The number of rotatable bonds is 6. The first kappa shape index (κ1) is 13.4. The van der Waals surface area contributed by atoms with Gasteiger partial charge in [-0.2, -0.15) is 0 Å². The number of benzene rings is 1. The van der Waals surface area contributed by atoms with Crippen LogP contribution in [0, 0.1) is 5.92 Å². The fraction of sp³-hybridized carbons (Fsp3) is 0.429. The van der Waals surface area contributed by atoms with Crippen molar-refractivity contribution in [3.8, 4) is 5.75 Å². The Morgan fingerprint density at radius 3 is 2.59 bits per heavy atom. The number of methoxy groups -OCH3 is 1. The molecule has 0 heterocycles. The minimum atomic E-state index is -0.144. The lowest BCUT2D eigenvalue weighted by molar-refractivity contribution is -0.118. The third kappa shape index (κ3) is 4.39. The van der Waals surface area contributed by atoms with Crippen molar-refractivity contribution in [2.45, 2.75) is 26.7 Å². The van der Waals surface area contributed by atoms with Crippen molar-refractivity contribution < 1.29 is 14.3 Å². The Kier molecular flexibility index (Phi) is 4.88. The molecule has 0 saturated heterocycles. The molecule has 0 bridgehead atoms. The highest BCUT2D eigenvalue weighted by atomic mass is 16.5. The van der Waals surface area contributed by atoms with Gasteiger partial charge in [0.15, 0.2) is 5.78 Å². The fourth-order valence-electron chi connectivity index (χ4n) is 1.61. The highest BCUT2D eigenvalue weighted by Crippen LogP contribution is 2.15. The zero-order valence-electron chi connectivity index (χ0n) is 10.5. The van der Waals surface area contributed by atoms with Gasteiger partial charge in [0.25, 0.3) is 0 Å². The van der Waals surface area contributed by atoms with Gasteiger partial charge in [-0.1, -0.05) is 26.0 Å². The van der Waals surface area contributed by atoms with Crippen LogP contribution in [0.3, 0.4) is 0 Å². The van der Waals surface area contributed by atoms with E-state index in [2.05, 4.69) is 0 Å². The molecule has 92 valence electrons. The van der Waals surface area contributed by atoms with Gasteiger partial charge in [0.2, 0.25) is 0 Å². The molecular weight excluding hydrogens is 216 g/mol. The molecule has 0 aliphatic carbocycles. The molecule has 0 aliphatic rings. The second-order valence-electron chi connectivity index (χ2n) is 4.47. The number of carbonyl (C=O) groups is 2. The summed E-state index contributed by atoms with van der Waals surface area (Å²) < 4.78 is 5.04. The van der Waals surface area contributed by atoms with E-state index in [1.54, 1.807) is 31.4 Å². The molecule has 1 aromatic carbocycles. The van der Waals surface area contributed by atoms with Gasteiger partial charge < -0.3 is 4.74 Å². The van der Waals surface area contributed by atoms with Crippen LogP contribution in [0.25, 0.3) is 0 Å². The third-order valence-electron chi connectivity index (χ3n) is 2.39. The Morgan fingerprint density at radius 1 is 1.29 bits per heavy atom. The molecular formula is C14H18O3. The van der Waals surface area contributed by atoms with E-state index in [1.807, 2.05) is 13.8 Å². The van der Waals surface area contributed by atoms with Crippen LogP contribution in [-0.4, -0.2) is 18.7 Å². The number of ketones is 2. The quantitative estimate of drug-likeness (QED) is 0.561. The summed E-state index contributed by atoms with van der Waals surface area (Å²) in [6.45, 7) is 3.93. The molecule has 3 heteroatoms. The van der Waals surface area contributed by atoms with Gasteiger partial charge >= 0.3 is 0 Å². The topological polar surface area (TPSA) is 43.4 Å². The van der Waals surface area contributed by atoms with E-state index in [4.69, 9.17) is 4.74 Å². The van der Waals surface area contributed by atoms with Crippen molar-refractivity contribution in [2.24, 2.45) is 5.92 Å². The molecule has 0 radical (unpaired) electrons. The van der Waals surface area contributed by atoms with E-state index >= 15 is 0 Å². The van der Waals surface area contributed by atoms with Crippen LogP contribution in [0.1, 0.15) is 37.0 Å². The molecule has 0 spiro atoms. The van der Waals surface area contributed by atoms with Gasteiger partial charge in [-0.25, -0.2) is 0 Å². The molecule has 1 rings (SSSR count).